The Hall–Kier alpha value is -2.30. The minimum atomic E-state index is -0.975. The lowest BCUT2D eigenvalue weighted by Gasteiger charge is -2.05. The number of aromatic nitrogens is 2. The summed E-state index contributed by atoms with van der Waals surface area (Å²) in [4.78, 5) is 10.8. The number of carboxylic acid groups (broad SMARTS) is 1. The summed E-state index contributed by atoms with van der Waals surface area (Å²) < 4.78 is 7.16. The number of carbonyl (C=O) groups is 1. The van der Waals surface area contributed by atoms with E-state index in [1.165, 1.54) is 12.1 Å². The number of hydrogen-bond acceptors (Lipinski definition) is 3. The molecule has 1 aromatic heterocycles. The first-order chi connectivity index (χ1) is 8.06. The SMILES string of the molecule is Cc1cc(Oc2cccc(C(=O)O)c2)n(C)n1. The maximum Gasteiger partial charge on any atom is 0.335 e. The number of ether oxygens (including phenoxy) is 1. The number of hydrogen-bond donors (Lipinski definition) is 1. The summed E-state index contributed by atoms with van der Waals surface area (Å²) in [6.07, 6.45) is 0. The predicted molar refractivity (Wildman–Crippen MR) is 61.4 cm³/mol. The van der Waals surface area contributed by atoms with Gasteiger partial charge in [0, 0.05) is 13.1 Å². The van der Waals surface area contributed by atoms with E-state index in [1.807, 2.05) is 6.92 Å². The minimum absolute atomic E-state index is 0.196. The summed E-state index contributed by atoms with van der Waals surface area (Å²) in [6.45, 7) is 1.86. The van der Waals surface area contributed by atoms with Crippen LogP contribution in [0.4, 0.5) is 0 Å². The van der Waals surface area contributed by atoms with Crippen LogP contribution < -0.4 is 4.74 Å². The lowest BCUT2D eigenvalue weighted by Crippen LogP contribution is -1.98. The third kappa shape index (κ3) is 2.44. The highest BCUT2D eigenvalue weighted by molar-refractivity contribution is 5.88. The molecule has 0 aliphatic carbocycles. The fourth-order valence-electron chi connectivity index (χ4n) is 1.50. The van der Waals surface area contributed by atoms with Crippen molar-refractivity contribution in [3.05, 3.63) is 41.6 Å². The normalized spacial score (nSPS) is 10.2. The molecule has 0 amide bonds. The Bertz CT molecular complexity index is 561. The van der Waals surface area contributed by atoms with Crippen LogP contribution in [-0.4, -0.2) is 20.9 Å². The molecule has 5 nitrogen and oxygen atoms in total. The number of aromatic carboxylic acids is 1. The molecule has 0 aliphatic heterocycles. The van der Waals surface area contributed by atoms with Gasteiger partial charge in [-0.25, -0.2) is 9.48 Å². The Labute approximate surface area is 98.3 Å². The summed E-state index contributed by atoms with van der Waals surface area (Å²) in [5.41, 5.74) is 1.04. The molecule has 5 heteroatoms. The second-order valence-corrected chi connectivity index (χ2v) is 3.68. The lowest BCUT2D eigenvalue weighted by molar-refractivity contribution is 0.0696. The molecule has 17 heavy (non-hydrogen) atoms. The van der Waals surface area contributed by atoms with Crippen molar-refractivity contribution in [3.8, 4) is 11.6 Å². The Balaban J connectivity index is 2.27. The topological polar surface area (TPSA) is 64.3 Å². The first-order valence-electron chi connectivity index (χ1n) is 5.08. The fraction of sp³-hybridized carbons (Fsp3) is 0.167. The van der Waals surface area contributed by atoms with E-state index in [-0.39, 0.29) is 5.56 Å². The van der Waals surface area contributed by atoms with Gasteiger partial charge in [-0.3, -0.25) is 0 Å². The van der Waals surface area contributed by atoms with E-state index in [9.17, 15) is 4.79 Å². The fourth-order valence-corrected chi connectivity index (χ4v) is 1.50. The maximum atomic E-state index is 10.8. The zero-order valence-corrected chi connectivity index (χ0v) is 9.54. The first-order valence-corrected chi connectivity index (χ1v) is 5.08. The van der Waals surface area contributed by atoms with E-state index < -0.39 is 5.97 Å². The highest BCUT2D eigenvalue weighted by atomic mass is 16.5. The summed E-state index contributed by atoms with van der Waals surface area (Å²) >= 11 is 0. The number of carboxylic acids is 1. The van der Waals surface area contributed by atoms with Crippen molar-refractivity contribution < 1.29 is 14.6 Å². The highest BCUT2D eigenvalue weighted by Crippen LogP contribution is 2.22. The van der Waals surface area contributed by atoms with Crippen molar-refractivity contribution in [1.82, 2.24) is 9.78 Å². The van der Waals surface area contributed by atoms with E-state index in [1.54, 1.807) is 29.9 Å². The van der Waals surface area contributed by atoms with Crippen LogP contribution in [0.5, 0.6) is 11.6 Å². The van der Waals surface area contributed by atoms with E-state index in [4.69, 9.17) is 9.84 Å². The molecule has 0 fully saturated rings. The average molecular weight is 232 g/mol. The third-order valence-corrected chi connectivity index (χ3v) is 2.26. The Morgan fingerprint density at radius 3 is 2.76 bits per heavy atom. The van der Waals surface area contributed by atoms with Crippen LogP contribution in [0.2, 0.25) is 0 Å². The number of aryl methyl sites for hydroxylation is 2. The van der Waals surface area contributed by atoms with Gasteiger partial charge < -0.3 is 9.84 Å². The van der Waals surface area contributed by atoms with Crippen LogP contribution in [0, 0.1) is 6.92 Å². The van der Waals surface area contributed by atoms with Crippen LogP contribution in [0.3, 0.4) is 0 Å². The molecular weight excluding hydrogens is 220 g/mol. The maximum absolute atomic E-state index is 10.8. The Kier molecular flexibility index (Phi) is 2.82. The molecule has 1 N–H and O–H groups in total. The molecule has 0 bridgehead atoms. The summed E-state index contributed by atoms with van der Waals surface area (Å²) in [5, 5.41) is 13.0. The zero-order valence-electron chi connectivity index (χ0n) is 9.54. The molecule has 1 heterocycles. The van der Waals surface area contributed by atoms with Crippen molar-refractivity contribution in [2.45, 2.75) is 6.92 Å². The number of nitrogens with zero attached hydrogens (tertiary/aromatic N) is 2. The summed E-state index contributed by atoms with van der Waals surface area (Å²) in [6, 6.07) is 8.12. The second kappa shape index (κ2) is 4.29. The molecule has 0 aliphatic rings. The summed E-state index contributed by atoms with van der Waals surface area (Å²) in [5.74, 6) is 0.0783. The third-order valence-electron chi connectivity index (χ3n) is 2.26. The largest absolute Gasteiger partial charge is 0.478 e. The molecule has 88 valence electrons. The van der Waals surface area contributed by atoms with Crippen LogP contribution in [0.1, 0.15) is 16.1 Å². The van der Waals surface area contributed by atoms with Gasteiger partial charge in [0.25, 0.3) is 0 Å². The average Bonchev–Trinajstić information content (AvgIpc) is 2.58. The van der Waals surface area contributed by atoms with Gasteiger partial charge in [0.2, 0.25) is 5.88 Å². The van der Waals surface area contributed by atoms with Crippen molar-refractivity contribution in [3.63, 3.8) is 0 Å². The van der Waals surface area contributed by atoms with Crippen LogP contribution >= 0.6 is 0 Å². The van der Waals surface area contributed by atoms with Crippen molar-refractivity contribution in [2.75, 3.05) is 0 Å². The molecule has 1 aromatic carbocycles. The predicted octanol–water partition coefficient (Wildman–Crippen LogP) is 2.22. The standard InChI is InChI=1S/C12H12N2O3/c1-8-6-11(14(2)13-8)17-10-5-3-4-9(7-10)12(15)16/h3-7H,1-2H3,(H,15,16). The molecule has 0 spiro atoms. The van der Waals surface area contributed by atoms with Gasteiger partial charge in [-0.05, 0) is 25.1 Å². The van der Waals surface area contributed by atoms with Gasteiger partial charge >= 0.3 is 5.97 Å². The zero-order chi connectivity index (χ0) is 12.4. The summed E-state index contributed by atoms with van der Waals surface area (Å²) in [7, 11) is 1.77. The van der Waals surface area contributed by atoms with Crippen LogP contribution in [-0.2, 0) is 7.05 Å². The molecule has 2 rings (SSSR count). The van der Waals surface area contributed by atoms with Gasteiger partial charge in [-0.15, -0.1) is 0 Å². The van der Waals surface area contributed by atoms with E-state index in [0.29, 0.717) is 11.6 Å². The van der Waals surface area contributed by atoms with E-state index in [0.717, 1.165) is 5.69 Å². The molecule has 0 unspecified atom stereocenters. The van der Waals surface area contributed by atoms with Crippen LogP contribution in [0.25, 0.3) is 0 Å². The highest BCUT2D eigenvalue weighted by Gasteiger charge is 2.07. The molecule has 0 radical (unpaired) electrons. The van der Waals surface area contributed by atoms with Crippen molar-refractivity contribution in [2.24, 2.45) is 7.05 Å². The van der Waals surface area contributed by atoms with Crippen molar-refractivity contribution in [1.29, 1.82) is 0 Å². The first kappa shape index (κ1) is 11.2. The molecule has 0 saturated carbocycles. The molecule has 0 saturated heterocycles. The number of rotatable bonds is 3. The van der Waals surface area contributed by atoms with E-state index in [2.05, 4.69) is 5.10 Å². The Morgan fingerprint density at radius 2 is 2.18 bits per heavy atom. The molecule has 2 aromatic rings. The van der Waals surface area contributed by atoms with Gasteiger partial charge in [-0.2, -0.15) is 5.10 Å². The van der Waals surface area contributed by atoms with Crippen molar-refractivity contribution >= 4 is 5.97 Å². The lowest BCUT2D eigenvalue weighted by atomic mass is 10.2. The number of benzene rings is 1. The molecule has 0 atom stereocenters. The quantitative estimate of drug-likeness (QED) is 0.881. The van der Waals surface area contributed by atoms with E-state index >= 15 is 0 Å². The smallest absolute Gasteiger partial charge is 0.335 e. The van der Waals surface area contributed by atoms with Gasteiger partial charge in [0.1, 0.15) is 5.75 Å². The Morgan fingerprint density at radius 1 is 1.41 bits per heavy atom. The van der Waals surface area contributed by atoms with Gasteiger partial charge in [0.05, 0.1) is 11.3 Å². The second-order valence-electron chi connectivity index (χ2n) is 3.68. The monoisotopic (exact) mass is 232 g/mol. The van der Waals surface area contributed by atoms with Gasteiger partial charge in [0.15, 0.2) is 0 Å². The van der Waals surface area contributed by atoms with Gasteiger partial charge in [-0.1, -0.05) is 6.07 Å². The minimum Gasteiger partial charge on any atom is -0.478 e. The van der Waals surface area contributed by atoms with Crippen LogP contribution in [0.15, 0.2) is 30.3 Å². The molecular formula is C12H12N2O3.